The summed E-state index contributed by atoms with van der Waals surface area (Å²) in [6, 6.07) is 16.1. The molecule has 5 rings (SSSR count). The number of nitrogens with zero attached hydrogens (tertiary/aromatic N) is 3. The van der Waals surface area contributed by atoms with Gasteiger partial charge in [-0.25, -0.2) is 0 Å². The third-order valence-electron chi connectivity index (χ3n) is 5.47. The van der Waals surface area contributed by atoms with Crippen molar-refractivity contribution in [2.45, 2.75) is 18.9 Å². The summed E-state index contributed by atoms with van der Waals surface area (Å²) in [6.45, 7) is 2.90. The SMILES string of the molecule is COc1ccc(-c2nnc(C3CCN(Cc4c[nH]c5ccccc45)C3)o2)cc1. The lowest BCUT2D eigenvalue weighted by molar-refractivity contribution is 0.321. The third-order valence-corrected chi connectivity index (χ3v) is 5.47. The Hall–Kier alpha value is -3.12. The Labute approximate surface area is 163 Å². The highest BCUT2D eigenvalue weighted by atomic mass is 16.5. The molecule has 6 nitrogen and oxygen atoms in total. The van der Waals surface area contributed by atoms with E-state index in [-0.39, 0.29) is 5.92 Å². The molecular formula is C22H22N4O2. The quantitative estimate of drug-likeness (QED) is 0.567. The fourth-order valence-corrected chi connectivity index (χ4v) is 3.93. The smallest absolute Gasteiger partial charge is 0.247 e. The van der Waals surface area contributed by atoms with E-state index in [0.29, 0.717) is 5.89 Å². The maximum absolute atomic E-state index is 5.99. The lowest BCUT2D eigenvalue weighted by atomic mass is 10.1. The van der Waals surface area contributed by atoms with Crippen molar-refractivity contribution in [2.75, 3.05) is 20.2 Å². The van der Waals surface area contributed by atoms with Crippen LogP contribution in [0.25, 0.3) is 22.4 Å². The van der Waals surface area contributed by atoms with Crippen LogP contribution in [0.15, 0.2) is 59.1 Å². The third kappa shape index (κ3) is 3.16. The van der Waals surface area contributed by atoms with Gasteiger partial charge in [-0.1, -0.05) is 18.2 Å². The van der Waals surface area contributed by atoms with Crippen molar-refractivity contribution in [2.24, 2.45) is 0 Å². The molecule has 6 heteroatoms. The van der Waals surface area contributed by atoms with Gasteiger partial charge in [-0.2, -0.15) is 0 Å². The summed E-state index contributed by atoms with van der Waals surface area (Å²) in [5.74, 6) is 2.39. The number of methoxy groups -OCH3 is 1. The Morgan fingerprint density at radius 2 is 2.00 bits per heavy atom. The molecule has 0 bridgehead atoms. The molecule has 142 valence electrons. The van der Waals surface area contributed by atoms with E-state index in [9.17, 15) is 0 Å². The fourth-order valence-electron chi connectivity index (χ4n) is 3.93. The van der Waals surface area contributed by atoms with Crippen LogP contribution in [-0.2, 0) is 6.54 Å². The maximum atomic E-state index is 5.99. The molecule has 4 aromatic rings. The van der Waals surface area contributed by atoms with Crippen LogP contribution in [0, 0.1) is 0 Å². The van der Waals surface area contributed by atoms with Crippen LogP contribution in [0.5, 0.6) is 5.75 Å². The first-order valence-electron chi connectivity index (χ1n) is 9.55. The average molecular weight is 374 g/mol. The summed E-state index contributed by atoms with van der Waals surface area (Å²) >= 11 is 0. The van der Waals surface area contributed by atoms with E-state index in [1.165, 1.54) is 16.5 Å². The summed E-state index contributed by atoms with van der Waals surface area (Å²) in [4.78, 5) is 5.81. The maximum Gasteiger partial charge on any atom is 0.247 e. The van der Waals surface area contributed by atoms with Crippen LogP contribution >= 0.6 is 0 Å². The number of aromatic amines is 1. The van der Waals surface area contributed by atoms with Crippen molar-refractivity contribution in [3.8, 4) is 17.2 Å². The summed E-state index contributed by atoms with van der Waals surface area (Å²) in [6.07, 6.45) is 3.15. The largest absolute Gasteiger partial charge is 0.497 e. The predicted octanol–water partition coefficient (Wildman–Crippen LogP) is 4.22. The number of fused-ring (bicyclic) bond motifs is 1. The molecule has 1 aliphatic heterocycles. The molecule has 1 atom stereocenters. The molecule has 1 fully saturated rings. The molecule has 0 radical (unpaired) electrons. The first-order valence-corrected chi connectivity index (χ1v) is 9.55. The van der Waals surface area contributed by atoms with Crippen molar-refractivity contribution in [3.63, 3.8) is 0 Å². The van der Waals surface area contributed by atoms with Crippen molar-refractivity contribution in [3.05, 3.63) is 66.2 Å². The summed E-state index contributed by atoms with van der Waals surface area (Å²) in [5, 5.41) is 9.86. The summed E-state index contributed by atoms with van der Waals surface area (Å²) in [5.41, 5.74) is 3.43. The summed E-state index contributed by atoms with van der Waals surface area (Å²) < 4.78 is 11.2. The number of rotatable bonds is 5. The topological polar surface area (TPSA) is 67.2 Å². The Bertz CT molecular complexity index is 1080. The molecule has 0 spiro atoms. The van der Waals surface area contributed by atoms with E-state index in [1.807, 2.05) is 24.3 Å². The van der Waals surface area contributed by atoms with Crippen LogP contribution in [0.3, 0.4) is 0 Å². The normalized spacial score (nSPS) is 17.4. The van der Waals surface area contributed by atoms with E-state index in [0.717, 1.165) is 43.3 Å². The van der Waals surface area contributed by atoms with Crippen LogP contribution in [0.1, 0.15) is 23.8 Å². The van der Waals surface area contributed by atoms with Crippen LogP contribution in [0.2, 0.25) is 0 Å². The molecule has 2 aromatic carbocycles. The van der Waals surface area contributed by atoms with Gasteiger partial charge in [0.1, 0.15) is 5.75 Å². The van der Waals surface area contributed by atoms with Crippen molar-refractivity contribution < 1.29 is 9.15 Å². The highest BCUT2D eigenvalue weighted by Gasteiger charge is 2.28. The van der Waals surface area contributed by atoms with E-state index in [4.69, 9.17) is 9.15 Å². The molecule has 2 aromatic heterocycles. The number of hydrogen-bond donors (Lipinski definition) is 1. The van der Waals surface area contributed by atoms with Gasteiger partial charge in [0.25, 0.3) is 0 Å². The second-order valence-corrected chi connectivity index (χ2v) is 7.25. The van der Waals surface area contributed by atoms with Crippen molar-refractivity contribution in [1.29, 1.82) is 0 Å². The molecule has 0 saturated carbocycles. The zero-order valence-corrected chi connectivity index (χ0v) is 15.8. The van der Waals surface area contributed by atoms with Gasteiger partial charge in [0.05, 0.1) is 13.0 Å². The van der Waals surface area contributed by atoms with Gasteiger partial charge in [0, 0.05) is 35.8 Å². The Morgan fingerprint density at radius 1 is 1.14 bits per heavy atom. The number of aromatic nitrogens is 3. The van der Waals surface area contributed by atoms with Crippen LogP contribution in [-0.4, -0.2) is 40.3 Å². The lowest BCUT2D eigenvalue weighted by Gasteiger charge is -2.14. The number of ether oxygens (including phenoxy) is 1. The molecule has 28 heavy (non-hydrogen) atoms. The number of benzene rings is 2. The Morgan fingerprint density at radius 3 is 2.86 bits per heavy atom. The van der Waals surface area contributed by atoms with E-state index in [1.54, 1.807) is 7.11 Å². The number of hydrogen-bond acceptors (Lipinski definition) is 5. The fraction of sp³-hybridized carbons (Fsp3) is 0.273. The van der Waals surface area contributed by atoms with Gasteiger partial charge in [0.15, 0.2) is 0 Å². The predicted molar refractivity (Wildman–Crippen MR) is 107 cm³/mol. The second kappa shape index (κ2) is 7.13. The molecular weight excluding hydrogens is 352 g/mol. The average Bonchev–Trinajstić information content (AvgIpc) is 3.48. The van der Waals surface area contributed by atoms with E-state index in [2.05, 4.69) is 50.5 Å². The lowest BCUT2D eigenvalue weighted by Crippen LogP contribution is -2.19. The van der Waals surface area contributed by atoms with Gasteiger partial charge >= 0.3 is 0 Å². The molecule has 0 amide bonds. The van der Waals surface area contributed by atoms with Gasteiger partial charge < -0.3 is 14.1 Å². The monoisotopic (exact) mass is 374 g/mol. The molecule has 1 saturated heterocycles. The number of H-pyrrole nitrogens is 1. The van der Waals surface area contributed by atoms with Crippen LogP contribution in [0.4, 0.5) is 0 Å². The minimum Gasteiger partial charge on any atom is -0.497 e. The molecule has 1 N–H and O–H groups in total. The van der Waals surface area contributed by atoms with Crippen molar-refractivity contribution in [1.82, 2.24) is 20.1 Å². The summed E-state index contributed by atoms with van der Waals surface area (Å²) in [7, 11) is 1.65. The van der Waals surface area contributed by atoms with E-state index < -0.39 is 0 Å². The molecule has 1 aliphatic rings. The van der Waals surface area contributed by atoms with Gasteiger partial charge in [-0.3, -0.25) is 4.90 Å². The van der Waals surface area contributed by atoms with Gasteiger partial charge in [-0.05, 0) is 48.9 Å². The number of likely N-dealkylation sites (tertiary alicyclic amines) is 1. The standard InChI is InChI=1S/C22H22N4O2/c1-27-18-8-6-15(7-9-18)21-24-25-22(28-21)16-10-11-26(13-16)14-17-12-23-20-5-3-2-4-19(17)20/h2-9,12,16,23H,10-11,13-14H2,1H3. The van der Waals surface area contributed by atoms with Gasteiger partial charge in [-0.15, -0.1) is 10.2 Å². The highest BCUT2D eigenvalue weighted by Crippen LogP contribution is 2.31. The molecule has 3 heterocycles. The number of nitrogens with one attached hydrogen (secondary N) is 1. The Balaban J connectivity index is 1.27. The van der Waals surface area contributed by atoms with Gasteiger partial charge in [0.2, 0.25) is 11.8 Å². The minimum absolute atomic E-state index is 0.282. The minimum atomic E-state index is 0.282. The highest BCUT2D eigenvalue weighted by molar-refractivity contribution is 5.82. The van der Waals surface area contributed by atoms with Crippen molar-refractivity contribution >= 4 is 10.9 Å². The Kier molecular flexibility index (Phi) is 4.33. The second-order valence-electron chi connectivity index (χ2n) is 7.25. The molecule has 0 aliphatic carbocycles. The number of para-hydroxylation sites is 1. The molecule has 1 unspecified atom stereocenters. The zero-order chi connectivity index (χ0) is 18.9. The van der Waals surface area contributed by atoms with Crippen LogP contribution < -0.4 is 4.74 Å². The van der Waals surface area contributed by atoms with E-state index >= 15 is 0 Å². The zero-order valence-electron chi connectivity index (χ0n) is 15.8. The first-order chi connectivity index (χ1) is 13.8. The first kappa shape index (κ1) is 17.0.